The number of aryl methyl sites for hydroxylation is 2. The molecule has 110 valence electrons. The monoisotopic (exact) mass is 302 g/mol. The number of nitrogens with one attached hydrogen (secondary N) is 2. The summed E-state index contributed by atoms with van der Waals surface area (Å²) >= 11 is 5.96. The third-order valence-corrected chi connectivity index (χ3v) is 3.49. The Kier molecular flexibility index (Phi) is 4.86. The van der Waals surface area contributed by atoms with Crippen molar-refractivity contribution < 1.29 is 4.79 Å². The summed E-state index contributed by atoms with van der Waals surface area (Å²) in [5.41, 5.74) is 3.81. The van der Waals surface area contributed by atoms with Crippen LogP contribution in [0.25, 0.3) is 0 Å². The molecule has 2 N–H and O–H groups in total. The number of carbonyl (C=O) groups excluding carboxylic acids is 1. The van der Waals surface area contributed by atoms with Crippen LogP contribution < -0.4 is 10.6 Å². The van der Waals surface area contributed by atoms with Gasteiger partial charge in [-0.15, -0.1) is 0 Å². The van der Waals surface area contributed by atoms with Gasteiger partial charge in [0.2, 0.25) is 5.91 Å². The molecule has 0 fully saturated rings. The number of hydrogen-bond donors (Lipinski definition) is 2. The van der Waals surface area contributed by atoms with E-state index in [0.717, 1.165) is 22.5 Å². The third kappa shape index (κ3) is 4.23. The summed E-state index contributed by atoms with van der Waals surface area (Å²) < 4.78 is 0. The largest absolute Gasteiger partial charge is 0.374 e. The van der Waals surface area contributed by atoms with Gasteiger partial charge in [-0.3, -0.25) is 4.79 Å². The molecule has 21 heavy (non-hydrogen) atoms. The van der Waals surface area contributed by atoms with Gasteiger partial charge in [0.1, 0.15) is 6.04 Å². The molecule has 0 radical (unpaired) electrons. The molecule has 0 saturated carbocycles. The summed E-state index contributed by atoms with van der Waals surface area (Å²) in [6.07, 6.45) is 0. The molecule has 0 aromatic heterocycles. The first-order valence-corrected chi connectivity index (χ1v) is 7.24. The van der Waals surface area contributed by atoms with Crippen LogP contribution in [0.15, 0.2) is 42.5 Å². The maximum absolute atomic E-state index is 12.2. The summed E-state index contributed by atoms with van der Waals surface area (Å²) in [5, 5.41) is 6.70. The number of hydrogen-bond acceptors (Lipinski definition) is 2. The second-order valence-electron chi connectivity index (χ2n) is 5.18. The lowest BCUT2D eigenvalue weighted by Crippen LogP contribution is -2.32. The fourth-order valence-corrected chi connectivity index (χ4v) is 2.19. The molecule has 3 nitrogen and oxygen atoms in total. The van der Waals surface area contributed by atoms with Crippen LogP contribution in [-0.2, 0) is 4.79 Å². The highest BCUT2D eigenvalue weighted by molar-refractivity contribution is 6.31. The Hall–Kier alpha value is -2.00. The fourth-order valence-electron chi connectivity index (χ4n) is 2.02. The second kappa shape index (κ2) is 6.64. The first kappa shape index (κ1) is 15.4. The molecule has 0 heterocycles. The molecular weight excluding hydrogens is 284 g/mol. The molecular formula is C17H19ClN2O. The van der Waals surface area contributed by atoms with Crippen LogP contribution in [-0.4, -0.2) is 11.9 Å². The Balaban J connectivity index is 2.04. The molecule has 1 amide bonds. The number of amides is 1. The molecule has 2 aromatic carbocycles. The van der Waals surface area contributed by atoms with E-state index >= 15 is 0 Å². The molecule has 0 aliphatic carbocycles. The lowest BCUT2D eigenvalue weighted by Gasteiger charge is -2.16. The number of benzene rings is 2. The third-order valence-electron chi connectivity index (χ3n) is 3.25. The van der Waals surface area contributed by atoms with E-state index < -0.39 is 0 Å². The zero-order valence-electron chi connectivity index (χ0n) is 12.4. The minimum atomic E-state index is -0.342. The van der Waals surface area contributed by atoms with E-state index in [1.54, 1.807) is 12.1 Å². The molecule has 2 rings (SSSR count). The van der Waals surface area contributed by atoms with Crippen LogP contribution >= 0.6 is 11.6 Å². The molecule has 0 aliphatic rings. The summed E-state index contributed by atoms with van der Waals surface area (Å²) in [6.45, 7) is 5.79. The van der Waals surface area contributed by atoms with Gasteiger partial charge in [0, 0.05) is 16.4 Å². The van der Waals surface area contributed by atoms with Gasteiger partial charge in [0.15, 0.2) is 0 Å². The van der Waals surface area contributed by atoms with Gasteiger partial charge >= 0.3 is 0 Å². The zero-order chi connectivity index (χ0) is 15.4. The Morgan fingerprint density at radius 2 is 1.90 bits per heavy atom. The van der Waals surface area contributed by atoms with E-state index in [1.807, 2.05) is 51.1 Å². The van der Waals surface area contributed by atoms with Crippen molar-refractivity contribution >= 4 is 28.9 Å². The van der Waals surface area contributed by atoms with E-state index in [2.05, 4.69) is 10.6 Å². The summed E-state index contributed by atoms with van der Waals surface area (Å²) in [7, 11) is 0. The van der Waals surface area contributed by atoms with Gasteiger partial charge in [0.05, 0.1) is 0 Å². The van der Waals surface area contributed by atoms with E-state index in [1.165, 1.54) is 0 Å². The Labute approximate surface area is 130 Å². The van der Waals surface area contributed by atoms with Gasteiger partial charge < -0.3 is 10.6 Å². The van der Waals surface area contributed by atoms with Crippen LogP contribution in [0.3, 0.4) is 0 Å². The number of halogens is 1. The van der Waals surface area contributed by atoms with Crippen molar-refractivity contribution in [3.8, 4) is 0 Å². The Bertz CT molecular complexity index is 655. The summed E-state index contributed by atoms with van der Waals surface area (Å²) in [6, 6.07) is 13.0. The van der Waals surface area contributed by atoms with E-state index in [9.17, 15) is 4.79 Å². The first-order valence-electron chi connectivity index (χ1n) is 6.86. The van der Waals surface area contributed by atoms with Gasteiger partial charge in [-0.05, 0) is 56.2 Å². The van der Waals surface area contributed by atoms with Gasteiger partial charge in [-0.25, -0.2) is 0 Å². The minimum absolute atomic E-state index is 0.0955. The van der Waals surface area contributed by atoms with Crippen LogP contribution in [0.2, 0.25) is 5.02 Å². The topological polar surface area (TPSA) is 41.1 Å². The summed E-state index contributed by atoms with van der Waals surface area (Å²) in [4.78, 5) is 12.2. The van der Waals surface area contributed by atoms with E-state index in [-0.39, 0.29) is 11.9 Å². The predicted octanol–water partition coefficient (Wildman–Crippen LogP) is 4.40. The van der Waals surface area contributed by atoms with Gasteiger partial charge in [-0.2, -0.15) is 0 Å². The van der Waals surface area contributed by atoms with Crippen LogP contribution in [0.5, 0.6) is 0 Å². The molecule has 2 aromatic rings. The van der Waals surface area contributed by atoms with Crippen LogP contribution in [0.1, 0.15) is 18.1 Å². The molecule has 0 aliphatic heterocycles. The average molecular weight is 303 g/mol. The van der Waals surface area contributed by atoms with Crippen LogP contribution in [0.4, 0.5) is 11.4 Å². The van der Waals surface area contributed by atoms with Crippen molar-refractivity contribution in [2.45, 2.75) is 26.8 Å². The molecule has 0 spiro atoms. The SMILES string of the molecule is Cc1cccc(NC(C)C(=O)Nc2cc(Cl)ccc2C)c1. The highest BCUT2D eigenvalue weighted by Gasteiger charge is 2.14. The molecule has 1 atom stereocenters. The standard InChI is InChI=1S/C17H19ClN2O/c1-11-5-4-6-15(9-11)19-13(3)17(21)20-16-10-14(18)8-7-12(16)2/h4-10,13,19H,1-3H3,(H,20,21). The van der Waals surface area contributed by atoms with Crippen molar-refractivity contribution in [1.82, 2.24) is 0 Å². The average Bonchev–Trinajstić information content (AvgIpc) is 2.43. The number of anilines is 2. The van der Waals surface area contributed by atoms with Gasteiger partial charge in [-0.1, -0.05) is 29.8 Å². The molecule has 4 heteroatoms. The Morgan fingerprint density at radius 3 is 2.62 bits per heavy atom. The van der Waals surface area contributed by atoms with Crippen LogP contribution in [0, 0.1) is 13.8 Å². The number of rotatable bonds is 4. The lowest BCUT2D eigenvalue weighted by atomic mass is 10.2. The lowest BCUT2D eigenvalue weighted by molar-refractivity contribution is -0.116. The maximum atomic E-state index is 12.2. The molecule has 1 unspecified atom stereocenters. The zero-order valence-corrected chi connectivity index (χ0v) is 13.2. The van der Waals surface area contributed by atoms with Crippen molar-refractivity contribution in [2.24, 2.45) is 0 Å². The van der Waals surface area contributed by atoms with Crippen molar-refractivity contribution in [3.05, 3.63) is 58.6 Å². The van der Waals surface area contributed by atoms with Crippen molar-refractivity contribution in [2.75, 3.05) is 10.6 Å². The van der Waals surface area contributed by atoms with E-state index in [0.29, 0.717) is 5.02 Å². The number of carbonyl (C=O) groups is 1. The molecule has 0 saturated heterocycles. The smallest absolute Gasteiger partial charge is 0.246 e. The van der Waals surface area contributed by atoms with Crippen molar-refractivity contribution in [3.63, 3.8) is 0 Å². The summed E-state index contributed by atoms with van der Waals surface area (Å²) in [5.74, 6) is -0.0955. The highest BCUT2D eigenvalue weighted by Crippen LogP contribution is 2.20. The minimum Gasteiger partial charge on any atom is -0.374 e. The first-order chi connectivity index (χ1) is 9.95. The highest BCUT2D eigenvalue weighted by atomic mass is 35.5. The quantitative estimate of drug-likeness (QED) is 0.879. The van der Waals surface area contributed by atoms with Crippen molar-refractivity contribution in [1.29, 1.82) is 0 Å². The Morgan fingerprint density at radius 1 is 1.14 bits per heavy atom. The normalized spacial score (nSPS) is 11.8. The molecule has 0 bridgehead atoms. The van der Waals surface area contributed by atoms with Gasteiger partial charge in [0.25, 0.3) is 0 Å². The predicted molar refractivity (Wildman–Crippen MR) is 89.1 cm³/mol. The maximum Gasteiger partial charge on any atom is 0.246 e. The fraction of sp³-hybridized carbons (Fsp3) is 0.235. The van der Waals surface area contributed by atoms with E-state index in [4.69, 9.17) is 11.6 Å². The second-order valence-corrected chi connectivity index (χ2v) is 5.62.